The third-order valence-corrected chi connectivity index (χ3v) is 4.11. The molecule has 1 saturated carbocycles. The Morgan fingerprint density at radius 3 is 2.70 bits per heavy atom. The molecule has 0 aliphatic heterocycles. The molecule has 1 aromatic carbocycles. The third kappa shape index (κ3) is 2.75. The number of aromatic nitrogens is 2. The van der Waals surface area contributed by atoms with Crippen LogP contribution in [-0.2, 0) is 12.7 Å². The maximum Gasteiger partial charge on any atom is 0.416 e. The Labute approximate surface area is 119 Å². The standard InChI is InChI=1S/C14H15F3N2S/c15-14(16,17)10-5-6-12-11(8-10)18-13(20)19(12)7-1-2-9-3-4-9/h5-6,8-9H,1-4,7H2,(H,18,20). The maximum atomic E-state index is 12.7. The van der Waals surface area contributed by atoms with Crippen LogP contribution in [0.15, 0.2) is 18.2 Å². The van der Waals surface area contributed by atoms with E-state index in [2.05, 4.69) is 4.98 Å². The number of nitrogens with zero attached hydrogens (tertiary/aromatic N) is 1. The molecule has 6 heteroatoms. The van der Waals surface area contributed by atoms with Crippen molar-refractivity contribution in [2.45, 2.75) is 38.4 Å². The van der Waals surface area contributed by atoms with E-state index in [-0.39, 0.29) is 0 Å². The minimum Gasteiger partial charge on any atom is -0.331 e. The van der Waals surface area contributed by atoms with Crippen molar-refractivity contribution in [3.8, 4) is 0 Å². The Kier molecular flexibility index (Phi) is 3.36. The van der Waals surface area contributed by atoms with Crippen LogP contribution in [-0.4, -0.2) is 9.55 Å². The summed E-state index contributed by atoms with van der Waals surface area (Å²) in [5.74, 6) is 0.853. The lowest BCUT2D eigenvalue weighted by Gasteiger charge is -2.07. The largest absolute Gasteiger partial charge is 0.416 e. The molecule has 108 valence electrons. The van der Waals surface area contributed by atoms with Crippen molar-refractivity contribution < 1.29 is 13.2 Å². The second-order valence-electron chi connectivity index (χ2n) is 5.40. The van der Waals surface area contributed by atoms with Gasteiger partial charge in [-0.1, -0.05) is 12.8 Å². The number of halogens is 3. The van der Waals surface area contributed by atoms with Crippen molar-refractivity contribution in [1.29, 1.82) is 0 Å². The van der Waals surface area contributed by atoms with E-state index in [0.717, 1.165) is 36.5 Å². The van der Waals surface area contributed by atoms with E-state index in [1.165, 1.54) is 25.3 Å². The lowest BCUT2D eigenvalue weighted by atomic mass is 10.2. The van der Waals surface area contributed by atoms with Crippen LogP contribution in [0.4, 0.5) is 13.2 Å². The average molecular weight is 300 g/mol. The van der Waals surface area contributed by atoms with Crippen LogP contribution in [0.1, 0.15) is 31.2 Å². The van der Waals surface area contributed by atoms with Crippen LogP contribution in [0.3, 0.4) is 0 Å². The van der Waals surface area contributed by atoms with Gasteiger partial charge in [0.05, 0.1) is 16.6 Å². The fraction of sp³-hybridized carbons (Fsp3) is 0.500. The van der Waals surface area contributed by atoms with Crippen molar-refractivity contribution in [1.82, 2.24) is 9.55 Å². The number of H-pyrrole nitrogens is 1. The topological polar surface area (TPSA) is 20.7 Å². The first-order valence-corrected chi connectivity index (χ1v) is 7.16. The van der Waals surface area contributed by atoms with Gasteiger partial charge >= 0.3 is 6.18 Å². The van der Waals surface area contributed by atoms with Gasteiger partial charge in [-0.15, -0.1) is 0 Å². The van der Waals surface area contributed by atoms with Gasteiger partial charge in [0.1, 0.15) is 0 Å². The molecule has 1 fully saturated rings. The molecule has 0 amide bonds. The smallest absolute Gasteiger partial charge is 0.331 e. The lowest BCUT2D eigenvalue weighted by molar-refractivity contribution is -0.137. The Balaban J connectivity index is 1.88. The molecular weight excluding hydrogens is 285 g/mol. The summed E-state index contributed by atoms with van der Waals surface area (Å²) < 4.78 is 40.4. The molecule has 2 aromatic rings. The maximum absolute atomic E-state index is 12.7. The number of fused-ring (bicyclic) bond motifs is 1. The highest BCUT2D eigenvalue weighted by atomic mass is 32.1. The second kappa shape index (κ2) is 4.91. The number of hydrogen-bond donors (Lipinski definition) is 1. The number of imidazole rings is 1. The van der Waals surface area contributed by atoms with Crippen LogP contribution >= 0.6 is 12.2 Å². The molecule has 0 atom stereocenters. The van der Waals surface area contributed by atoms with Crippen LogP contribution in [0, 0.1) is 10.7 Å². The fourth-order valence-electron chi connectivity index (χ4n) is 2.51. The van der Waals surface area contributed by atoms with Gasteiger partial charge in [-0.3, -0.25) is 0 Å². The minimum absolute atomic E-state index is 0.455. The van der Waals surface area contributed by atoms with Crippen molar-refractivity contribution in [2.24, 2.45) is 5.92 Å². The van der Waals surface area contributed by atoms with E-state index in [1.54, 1.807) is 0 Å². The summed E-state index contributed by atoms with van der Waals surface area (Å²) in [5.41, 5.74) is 0.557. The molecule has 1 aromatic heterocycles. The predicted octanol–water partition coefficient (Wildman–Crippen LogP) is 4.91. The summed E-state index contributed by atoms with van der Waals surface area (Å²) in [6.07, 6.45) is 0.502. The first-order chi connectivity index (χ1) is 9.45. The molecule has 0 bridgehead atoms. The van der Waals surface area contributed by atoms with E-state index in [0.29, 0.717) is 10.3 Å². The van der Waals surface area contributed by atoms with Gasteiger partial charge in [0.2, 0.25) is 0 Å². The van der Waals surface area contributed by atoms with Crippen LogP contribution in [0.25, 0.3) is 11.0 Å². The molecule has 1 heterocycles. The molecule has 3 rings (SSSR count). The first-order valence-electron chi connectivity index (χ1n) is 6.75. The van der Waals surface area contributed by atoms with Gasteiger partial charge in [-0.2, -0.15) is 13.2 Å². The highest BCUT2D eigenvalue weighted by Gasteiger charge is 2.30. The molecule has 0 spiro atoms. The van der Waals surface area contributed by atoms with E-state index in [4.69, 9.17) is 12.2 Å². The average Bonchev–Trinajstić information content (AvgIpc) is 3.12. The summed E-state index contributed by atoms with van der Waals surface area (Å²) in [4.78, 5) is 2.87. The quantitative estimate of drug-likeness (QED) is 0.796. The van der Waals surface area contributed by atoms with Crippen LogP contribution in [0.5, 0.6) is 0 Å². The Morgan fingerprint density at radius 2 is 2.05 bits per heavy atom. The van der Waals surface area contributed by atoms with Crippen molar-refractivity contribution in [3.05, 3.63) is 28.5 Å². The number of rotatable bonds is 4. The van der Waals surface area contributed by atoms with E-state index in [9.17, 15) is 13.2 Å². The fourth-order valence-corrected chi connectivity index (χ4v) is 2.81. The van der Waals surface area contributed by atoms with Crippen LogP contribution in [0.2, 0.25) is 0 Å². The predicted molar refractivity (Wildman–Crippen MR) is 74.1 cm³/mol. The monoisotopic (exact) mass is 300 g/mol. The van der Waals surface area contributed by atoms with Gasteiger partial charge in [0.15, 0.2) is 4.77 Å². The molecular formula is C14H15F3N2S. The molecule has 0 radical (unpaired) electrons. The number of hydrogen-bond acceptors (Lipinski definition) is 1. The summed E-state index contributed by atoms with van der Waals surface area (Å²) >= 11 is 5.21. The van der Waals surface area contributed by atoms with Gasteiger partial charge in [0, 0.05) is 6.54 Å². The molecule has 0 saturated heterocycles. The summed E-state index contributed by atoms with van der Waals surface area (Å²) in [5, 5.41) is 0. The minimum atomic E-state index is -4.32. The molecule has 1 aliphatic carbocycles. The normalized spacial score (nSPS) is 15.9. The zero-order chi connectivity index (χ0) is 14.3. The number of aromatic amines is 1. The SMILES string of the molecule is FC(F)(F)c1ccc2c(c1)[nH]c(=S)n2CCCC1CC1. The van der Waals surface area contributed by atoms with Crippen molar-refractivity contribution in [2.75, 3.05) is 0 Å². The van der Waals surface area contributed by atoms with Gasteiger partial charge in [-0.25, -0.2) is 0 Å². The number of nitrogens with one attached hydrogen (secondary N) is 1. The Hall–Kier alpha value is -1.30. The summed E-state index contributed by atoms with van der Waals surface area (Å²) in [7, 11) is 0. The Bertz CT molecular complexity index is 680. The summed E-state index contributed by atoms with van der Waals surface area (Å²) in [6.45, 7) is 0.765. The molecule has 20 heavy (non-hydrogen) atoms. The number of benzene rings is 1. The van der Waals surface area contributed by atoms with Crippen LogP contribution < -0.4 is 0 Å². The van der Waals surface area contributed by atoms with Crippen molar-refractivity contribution in [3.63, 3.8) is 0 Å². The van der Waals surface area contributed by atoms with E-state index >= 15 is 0 Å². The molecule has 1 N–H and O–H groups in total. The lowest BCUT2D eigenvalue weighted by Crippen LogP contribution is -2.04. The van der Waals surface area contributed by atoms with Gasteiger partial charge in [0.25, 0.3) is 0 Å². The number of alkyl halides is 3. The van der Waals surface area contributed by atoms with Crippen molar-refractivity contribution >= 4 is 23.3 Å². The van der Waals surface area contributed by atoms with Gasteiger partial charge < -0.3 is 9.55 Å². The molecule has 0 unspecified atom stereocenters. The Morgan fingerprint density at radius 1 is 1.30 bits per heavy atom. The zero-order valence-corrected chi connectivity index (χ0v) is 11.7. The zero-order valence-electron chi connectivity index (χ0n) is 10.8. The summed E-state index contributed by atoms with van der Waals surface area (Å²) in [6, 6.07) is 3.74. The highest BCUT2D eigenvalue weighted by Crippen LogP contribution is 2.34. The third-order valence-electron chi connectivity index (χ3n) is 3.79. The molecule has 1 aliphatic rings. The second-order valence-corrected chi connectivity index (χ2v) is 5.78. The first kappa shape index (κ1) is 13.7. The molecule has 2 nitrogen and oxygen atoms in total. The van der Waals surface area contributed by atoms with E-state index < -0.39 is 11.7 Å². The number of aryl methyl sites for hydroxylation is 1. The van der Waals surface area contributed by atoms with Gasteiger partial charge in [-0.05, 0) is 49.2 Å². The van der Waals surface area contributed by atoms with E-state index in [1.807, 2.05) is 4.57 Å². The highest BCUT2D eigenvalue weighted by molar-refractivity contribution is 7.71.